The van der Waals surface area contributed by atoms with Crippen LogP contribution in [0.4, 0.5) is 0 Å². The Balaban J connectivity index is 3.12. The molecule has 0 aromatic carbocycles. The van der Waals surface area contributed by atoms with Crippen molar-refractivity contribution in [2.45, 2.75) is 64.2 Å². The first kappa shape index (κ1) is 17.2. The van der Waals surface area contributed by atoms with Gasteiger partial charge in [0.1, 0.15) is 0 Å². The number of ether oxygens (including phenoxy) is 1. The Morgan fingerprint density at radius 2 is 1.67 bits per heavy atom. The van der Waals surface area contributed by atoms with Crippen molar-refractivity contribution in [3.05, 3.63) is 12.7 Å². The molecule has 0 bridgehead atoms. The fraction of sp³-hybridized carbons (Fsp3) is 0.800. The number of rotatable bonds is 13. The number of unbranched alkanes of at least 4 members (excludes halogenated alkanes) is 7. The van der Waals surface area contributed by atoms with Crippen LogP contribution in [0.25, 0.3) is 0 Å². The molecule has 0 aliphatic rings. The summed E-state index contributed by atoms with van der Waals surface area (Å²) >= 11 is 0. The van der Waals surface area contributed by atoms with Crippen molar-refractivity contribution in [1.29, 1.82) is 0 Å². The number of hydrogen-bond donors (Lipinski definition) is 1. The number of carbonyl (C=O) groups excluding carboxylic acids is 1. The van der Waals surface area contributed by atoms with Crippen LogP contribution in [0.3, 0.4) is 0 Å². The van der Waals surface area contributed by atoms with E-state index in [2.05, 4.69) is 6.58 Å². The lowest BCUT2D eigenvalue weighted by atomic mass is 10.1. The second-order valence-corrected chi connectivity index (χ2v) is 4.60. The average molecular weight is 256 g/mol. The number of aliphatic hydroxyl groups excluding tert-OH is 1. The van der Waals surface area contributed by atoms with Gasteiger partial charge in [0, 0.05) is 13.0 Å². The highest BCUT2D eigenvalue weighted by atomic mass is 16.5. The van der Waals surface area contributed by atoms with Crippen LogP contribution in [-0.2, 0) is 9.53 Å². The van der Waals surface area contributed by atoms with Gasteiger partial charge in [0.05, 0.1) is 6.61 Å². The van der Waals surface area contributed by atoms with Gasteiger partial charge in [0.25, 0.3) is 0 Å². The van der Waals surface area contributed by atoms with Gasteiger partial charge in [0.2, 0.25) is 0 Å². The van der Waals surface area contributed by atoms with E-state index in [-0.39, 0.29) is 12.6 Å². The van der Waals surface area contributed by atoms with E-state index >= 15 is 0 Å². The van der Waals surface area contributed by atoms with Crippen LogP contribution in [0.5, 0.6) is 0 Å². The molecular formula is C15H28O3. The average Bonchev–Trinajstić information content (AvgIpc) is 2.38. The molecule has 0 unspecified atom stereocenters. The van der Waals surface area contributed by atoms with Crippen LogP contribution in [0.15, 0.2) is 12.7 Å². The number of aliphatic hydroxyl groups is 1. The highest BCUT2D eigenvalue weighted by molar-refractivity contribution is 5.69. The number of allylic oxidation sites excluding steroid dienone is 1. The van der Waals surface area contributed by atoms with Crippen molar-refractivity contribution in [2.24, 2.45) is 0 Å². The van der Waals surface area contributed by atoms with E-state index in [0.717, 1.165) is 25.7 Å². The molecule has 0 amide bonds. The van der Waals surface area contributed by atoms with E-state index in [1.54, 1.807) is 0 Å². The molecule has 0 aliphatic heterocycles. The van der Waals surface area contributed by atoms with E-state index in [0.29, 0.717) is 19.4 Å². The molecule has 0 aliphatic carbocycles. The van der Waals surface area contributed by atoms with Crippen LogP contribution in [-0.4, -0.2) is 24.3 Å². The van der Waals surface area contributed by atoms with E-state index in [4.69, 9.17) is 9.84 Å². The predicted molar refractivity (Wildman–Crippen MR) is 74.4 cm³/mol. The minimum absolute atomic E-state index is 0.0976. The zero-order chi connectivity index (χ0) is 13.5. The standard InChI is InChI=1S/C15H28O3/c1-2-3-4-5-6-7-8-9-12-15(17)18-14-11-10-13-16/h2,16H,1,3-14H2. The zero-order valence-corrected chi connectivity index (χ0v) is 11.5. The number of hydrogen-bond acceptors (Lipinski definition) is 3. The zero-order valence-electron chi connectivity index (χ0n) is 11.5. The van der Waals surface area contributed by atoms with Gasteiger partial charge < -0.3 is 9.84 Å². The monoisotopic (exact) mass is 256 g/mol. The Hall–Kier alpha value is -0.830. The summed E-state index contributed by atoms with van der Waals surface area (Å²) < 4.78 is 5.04. The molecule has 0 aromatic rings. The van der Waals surface area contributed by atoms with Gasteiger partial charge >= 0.3 is 5.97 Å². The molecule has 0 atom stereocenters. The largest absolute Gasteiger partial charge is 0.466 e. The van der Waals surface area contributed by atoms with E-state index in [9.17, 15) is 4.79 Å². The van der Waals surface area contributed by atoms with Crippen molar-refractivity contribution in [1.82, 2.24) is 0 Å². The summed E-state index contributed by atoms with van der Waals surface area (Å²) in [5.41, 5.74) is 0. The summed E-state index contributed by atoms with van der Waals surface area (Å²) in [5.74, 6) is -0.0976. The third-order valence-electron chi connectivity index (χ3n) is 2.85. The summed E-state index contributed by atoms with van der Waals surface area (Å²) in [5, 5.41) is 8.56. The molecule has 0 rings (SSSR count). The van der Waals surface area contributed by atoms with E-state index in [1.165, 1.54) is 25.7 Å². The minimum atomic E-state index is -0.0976. The molecule has 0 fully saturated rings. The maximum Gasteiger partial charge on any atom is 0.305 e. The first-order chi connectivity index (χ1) is 8.81. The van der Waals surface area contributed by atoms with Gasteiger partial charge in [-0.1, -0.05) is 31.8 Å². The number of esters is 1. The molecular weight excluding hydrogens is 228 g/mol. The minimum Gasteiger partial charge on any atom is -0.466 e. The normalized spacial score (nSPS) is 10.3. The maximum atomic E-state index is 11.3. The quantitative estimate of drug-likeness (QED) is 0.311. The van der Waals surface area contributed by atoms with Crippen molar-refractivity contribution >= 4 is 5.97 Å². The third kappa shape index (κ3) is 13.2. The molecule has 0 spiro atoms. The molecule has 0 heterocycles. The molecule has 0 aromatic heterocycles. The van der Waals surface area contributed by atoms with E-state index in [1.807, 2.05) is 6.08 Å². The molecule has 0 saturated carbocycles. The lowest BCUT2D eigenvalue weighted by Gasteiger charge is -2.04. The summed E-state index contributed by atoms with van der Waals surface area (Å²) in [4.78, 5) is 11.3. The highest BCUT2D eigenvalue weighted by Crippen LogP contribution is 2.09. The molecule has 0 radical (unpaired) electrons. The van der Waals surface area contributed by atoms with Crippen LogP contribution in [0.1, 0.15) is 64.2 Å². The van der Waals surface area contributed by atoms with E-state index < -0.39 is 0 Å². The van der Waals surface area contributed by atoms with Gasteiger partial charge in [-0.05, 0) is 32.1 Å². The lowest BCUT2D eigenvalue weighted by molar-refractivity contribution is -0.143. The Bertz CT molecular complexity index is 202. The van der Waals surface area contributed by atoms with Crippen LogP contribution < -0.4 is 0 Å². The van der Waals surface area contributed by atoms with Gasteiger partial charge in [0.15, 0.2) is 0 Å². The third-order valence-corrected chi connectivity index (χ3v) is 2.85. The fourth-order valence-electron chi connectivity index (χ4n) is 1.74. The highest BCUT2D eigenvalue weighted by Gasteiger charge is 2.01. The van der Waals surface area contributed by atoms with Gasteiger partial charge in [-0.15, -0.1) is 6.58 Å². The topological polar surface area (TPSA) is 46.5 Å². The second kappa shape index (κ2) is 14.2. The molecule has 0 saturated heterocycles. The van der Waals surface area contributed by atoms with Crippen molar-refractivity contribution in [3.63, 3.8) is 0 Å². The van der Waals surface area contributed by atoms with Crippen molar-refractivity contribution < 1.29 is 14.6 Å². The summed E-state index contributed by atoms with van der Waals surface area (Å²) in [6.07, 6.45) is 12.1. The Morgan fingerprint density at radius 1 is 1.00 bits per heavy atom. The van der Waals surface area contributed by atoms with Crippen LogP contribution in [0, 0.1) is 0 Å². The lowest BCUT2D eigenvalue weighted by Crippen LogP contribution is -2.06. The van der Waals surface area contributed by atoms with Crippen molar-refractivity contribution in [3.8, 4) is 0 Å². The molecule has 1 N–H and O–H groups in total. The van der Waals surface area contributed by atoms with Gasteiger partial charge in [-0.25, -0.2) is 0 Å². The molecule has 3 nitrogen and oxygen atoms in total. The second-order valence-electron chi connectivity index (χ2n) is 4.60. The Labute approximate surface area is 111 Å². The first-order valence-electron chi connectivity index (χ1n) is 7.18. The van der Waals surface area contributed by atoms with Gasteiger partial charge in [-0.3, -0.25) is 4.79 Å². The summed E-state index contributed by atoms with van der Waals surface area (Å²) in [7, 11) is 0. The summed E-state index contributed by atoms with van der Waals surface area (Å²) in [6, 6.07) is 0. The van der Waals surface area contributed by atoms with Crippen molar-refractivity contribution in [2.75, 3.05) is 13.2 Å². The first-order valence-corrected chi connectivity index (χ1v) is 7.18. The SMILES string of the molecule is C=CCCCCCCCCC(=O)OCCCCO. The van der Waals surface area contributed by atoms with Crippen LogP contribution in [0.2, 0.25) is 0 Å². The Morgan fingerprint density at radius 3 is 2.33 bits per heavy atom. The maximum absolute atomic E-state index is 11.3. The predicted octanol–water partition coefficient (Wildman–Crippen LogP) is 3.61. The molecule has 106 valence electrons. The smallest absolute Gasteiger partial charge is 0.305 e. The number of carbonyl (C=O) groups is 1. The molecule has 3 heteroatoms. The van der Waals surface area contributed by atoms with Crippen LogP contribution >= 0.6 is 0 Å². The molecule has 18 heavy (non-hydrogen) atoms. The Kier molecular flexibility index (Phi) is 13.6. The van der Waals surface area contributed by atoms with Gasteiger partial charge in [-0.2, -0.15) is 0 Å². The fourth-order valence-corrected chi connectivity index (χ4v) is 1.74. The summed E-state index contributed by atoms with van der Waals surface area (Å²) in [6.45, 7) is 4.31.